The fourth-order valence-electron chi connectivity index (χ4n) is 2.84. The third-order valence-corrected chi connectivity index (χ3v) is 4.86. The highest BCUT2D eigenvalue weighted by Gasteiger charge is 2.29. The number of hydrogen-bond acceptors (Lipinski definition) is 4. The summed E-state index contributed by atoms with van der Waals surface area (Å²) in [7, 11) is 1.61. The average Bonchev–Trinajstić information content (AvgIpc) is 2.83. The van der Waals surface area contributed by atoms with E-state index in [4.69, 9.17) is 16.2 Å². The first-order valence-corrected chi connectivity index (χ1v) is 7.52. The molecule has 114 valence electrons. The first kappa shape index (κ1) is 14.4. The highest BCUT2D eigenvalue weighted by Crippen LogP contribution is 2.48. The summed E-state index contributed by atoms with van der Waals surface area (Å²) in [5, 5.41) is 2.89. The summed E-state index contributed by atoms with van der Waals surface area (Å²) in [6, 6.07) is 5.12. The molecule has 7 heteroatoms. The van der Waals surface area contributed by atoms with E-state index in [1.807, 2.05) is 18.2 Å². The Morgan fingerprint density at radius 3 is 2.68 bits per heavy atom. The van der Waals surface area contributed by atoms with Crippen LogP contribution in [0.15, 0.2) is 18.2 Å². The molecule has 3 rings (SSSR count). The van der Waals surface area contributed by atoms with Crippen LogP contribution in [0.4, 0.5) is 9.80 Å². The monoisotopic (exact) mass is 317 g/mol. The molecule has 1 aliphatic rings. The van der Waals surface area contributed by atoms with Crippen LogP contribution in [0, 0.1) is 0 Å². The summed E-state index contributed by atoms with van der Waals surface area (Å²) in [4.78, 5) is 23.9. The normalized spacial score (nSPS) is 12.2. The molecule has 3 amide bonds. The quantitative estimate of drug-likeness (QED) is 0.806. The van der Waals surface area contributed by atoms with Gasteiger partial charge in [0.1, 0.15) is 10.8 Å². The van der Waals surface area contributed by atoms with Gasteiger partial charge in [0.2, 0.25) is 0 Å². The van der Waals surface area contributed by atoms with Gasteiger partial charge in [-0.3, -0.25) is 10.1 Å². The van der Waals surface area contributed by atoms with Crippen molar-refractivity contribution in [2.45, 2.75) is 12.8 Å². The predicted molar refractivity (Wildman–Crippen MR) is 85.4 cm³/mol. The number of nitrogens with one attached hydrogen (secondary N) is 1. The maximum Gasteiger partial charge on any atom is 0.317 e. The Labute approximate surface area is 131 Å². The second-order valence-corrected chi connectivity index (χ2v) is 5.98. The molecule has 0 unspecified atom stereocenters. The van der Waals surface area contributed by atoms with Crippen LogP contribution >= 0.6 is 11.3 Å². The number of aryl methyl sites for hydroxylation is 1. The fraction of sp³-hybridized carbons (Fsp3) is 0.200. The number of primary amides is 2. The lowest BCUT2D eigenvalue weighted by Crippen LogP contribution is -2.22. The van der Waals surface area contributed by atoms with E-state index in [2.05, 4.69) is 5.32 Å². The van der Waals surface area contributed by atoms with Crippen molar-refractivity contribution in [1.82, 2.24) is 0 Å². The average molecular weight is 317 g/mol. The topological polar surface area (TPSA) is 107 Å². The van der Waals surface area contributed by atoms with Gasteiger partial charge in [-0.2, -0.15) is 0 Å². The molecule has 1 heterocycles. The summed E-state index contributed by atoms with van der Waals surface area (Å²) >= 11 is 1.30. The van der Waals surface area contributed by atoms with E-state index in [1.54, 1.807) is 7.11 Å². The van der Waals surface area contributed by atoms with Crippen molar-refractivity contribution in [3.05, 3.63) is 34.9 Å². The molecule has 0 atom stereocenters. The third kappa shape index (κ3) is 2.19. The molecule has 0 fully saturated rings. The number of amides is 3. The number of carbonyl (C=O) groups is 2. The number of nitrogens with two attached hydrogens (primary N) is 2. The Balaban J connectivity index is 2.26. The number of anilines is 1. The Hall–Kier alpha value is -2.54. The van der Waals surface area contributed by atoms with Gasteiger partial charge >= 0.3 is 6.03 Å². The largest absolute Gasteiger partial charge is 0.496 e. The Kier molecular flexibility index (Phi) is 3.50. The minimum Gasteiger partial charge on any atom is -0.496 e. The number of fused-ring (bicyclic) bond motifs is 3. The Morgan fingerprint density at radius 1 is 1.27 bits per heavy atom. The smallest absolute Gasteiger partial charge is 0.317 e. The molecule has 0 saturated carbocycles. The van der Waals surface area contributed by atoms with E-state index < -0.39 is 11.9 Å². The van der Waals surface area contributed by atoms with E-state index in [0.29, 0.717) is 17.0 Å². The van der Waals surface area contributed by atoms with Crippen LogP contribution in [0.3, 0.4) is 0 Å². The third-order valence-electron chi connectivity index (χ3n) is 3.69. The van der Waals surface area contributed by atoms with Crippen LogP contribution in [0.1, 0.15) is 21.5 Å². The number of methoxy groups -OCH3 is 1. The number of rotatable bonds is 3. The van der Waals surface area contributed by atoms with Gasteiger partial charge in [-0.15, -0.1) is 11.3 Å². The van der Waals surface area contributed by atoms with Crippen LogP contribution in [0.5, 0.6) is 5.75 Å². The standard InChI is InChI=1S/C15H15N3O3S/c1-21-9-4-2-3-7-5-6-8-11(13(16)19)14(18-15(17)20)22-12(8)10(7)9/h2-4H,5-6H2,1H3,(H2,16,19)(H3,17,18,20). The lowest BCUT2D eigenvalue weighted by Gasteiger charge is -2.19. The molecule has 1 aromatic heterocycles. The zero-order chi connectivity index (χ0) is 15.9. The van der Waals surface area contributed by atoms with Gasteiger partial charge < -0.3 is 16.2 Å². The maximum absolute atomic E-state index is 11.8. The van der Waals surface area contributed by atoms with E-state index in [1.165, 1.54) is 11.3 Å². The van der Waals surface area contributed by atoms with E-state index in [9.17, 15) is 9.59 Å². The highest BCUT2D eigenvalue weighted by atomic mass is 32.1. The molecular weight excluding hydrogens is 302 g/mol. The molecular formula is C15H15N3O3S. The summed E-state index contributed by atoms with van der Waals surface area (Å²) in [5.41, 5.74) is 14.0. The van der Waals surface area contributed by atoms with Crippen LogP contribution in [-0.2, 0) is 12.8 Å². The SMILES string of the molecule is COc1cccc2c1-c1sc(NC(N)=O)c(C(N)=O)c1CC2. The van der Waals surface area contributed by atoms with E-state index in [0.717, 1.165) is 33.7 Å². The lowest BCUT2D eigenvalue weighted by atomic mass is 9.88. The van der Waals surface area contributed by atoms with Crippen molar-refractivity contribution in [3.63, 3.8) is 0 Å². The highest BCUT2D eigenvalue weighted by molar-refractivity contribution is 7.20. The van der Waals surface area contributed by atoms with Crippen molar-refractivity contribution in [2.75, 3.05) is 12.4 Å². The number of carbonyl (C=O) groups excluding carboxylic acids is 2. The maximum atomic E-state index is 11.8. The molecule has 1 aliphatic carbocycles. The molecule has 0 spiro atoms. The zero-order valence-electron chi connectivity index (χ0n) is 11.9. The molecule has 22 heavy (non-hydrogen) atoms. The van der Waals surface area contributed by atoms with Crippen LogP contribution in [0.25, 0.3) is 10.4 Å². The first-order chi connectivity index (χ1) is 10.5. The van der Waals surface area contributed by atoms with Gasteiger partial charge in [0, 0.05) is 10.4 Å². The minimum atomic E-state index is -0.721. The molecule has 1 aromatic carbocycles. The van der Waals surface area contributed by atoms with Crippen molar-refractivity contribution in [3.8, 4) is 16.2 Å². The van der Waals surface area contributed by atoms with Gasteiger partial charge in [-0.25, -0.2) is 4.79 Å². The molecule has 0 radical (unpaired) electrons. The summed E-state index contributed by atoms with van der Waals surface area (Å²) < 4.78 is 5.44. The molecule has 6 nitrogen and oxygen atoms in total. The van der Waals surface area contributed by atoms with Crippen LogP contribution in [0.2, 0.25) is 0 Å². The summed E-state index contributed by atoms with van der Waals surface area (Å²) in [5.74, 6) is 0.168. The van der Waals surface area contributed by atoms with E-state index in [-0.39, 0.29) is 0 Å². The van der Waals surface area contributed by atoms with Crippen molar-refractivity contribution < 1.29 is 14.3 Å². The minimum absolute atomic E-state index is 0.343. The van der Waals surface area contributed by atoms with Crippen molar-refractivity contribution in [1.29, 1.82) is 0 Å². The molecule has 0 bridgehead atoms. The lowest BCUT2D eigenvalue weighted by molar-refractivity contribution is 0.100. The number of benzene rings is 1. The zero-order valence-corrected chi connectivity index (χ0v) is 12.8. The number of thiophene rings is 1. The Bertz CT molecular complexity index is 768. The summed E-state index contributed by atoms with van der Waals surface area (Å²) in [6.45, 7) is 0. The molecule has 0 saturated heterocycles. The van der Waals surface area contributed by atoms with Gasteiger partial charge in [0.25, 0.3) is 5.91 Å². The van der Waals surface area contributed by atoms with Gasteiger partial charge in [-0.05, 0) is 30.0 Å². The number of urea groups is 1. The van der Waals surface area contributed by atoms with Gasteiger partial charge in [-0.1, -0.05) is 12.1 Å². The first-order valence-electron chi connectivity index (χ1n) is 6.71. The molecule has 5 N–H and O–H groups in total. The van der Waals surface area contributed by atoms with Crippen molar-refractivity contribution in [2.24, 2.45) is 11.5 Å². The second-order valence-electron chi connectivity index (χ2n) is 4.96. The van der Waals surface area contributed by atoms with E-state index >= 15 is 0 Å². The molecule has 0 aliphatic heterocycles. The molecule has 2 aromatic rings. The van der Waals surface area contributed by atoms with Gasteiger partial charge in [0.05, 0.1) is 12.7 Å². The summed E-state index contributed by atoms with van der Waals surface area (Å²) in [6.07, 6.45) is 1.47. The van der Waals surface area contributed by atoms with Crippen LogP contribution < -0.4 is 21.5 Å². The number of hydrogen-bond donors (Lipinski definition) is 3. The van der Waals surface area contributed by atoms with Gasteiger partial charge in [0.15, 0.2) is 0 Å². The number of ether oxygens (including phenoxy) is 1. The van der Waals surface area contributed by atoms with Crippen LogP contribution in [-0.4, -0.2) is 19.0 Å². The second kappa shape index (κ2) is 5.34. The fourth-order valence-corrected chi connectivity index (χ4v) is 4.18. The predicted octanol–water partition coefficient (Wildman–Crippen LogP) is 2.11. The van der Waals surface area contributed by atoms with Crippen molar-refractivity contribution >= 4 is 28.3 Å². The Morgan fingerprint density at radius 2 is 2.05 bits per heavy atom.